The Hall–Kier alpha value is -1.71. The average molecular weight is 769 g/mol. The van der Waals surface area contributed by atoms with Gasteiger partial charge in [-0.2, -0.15) is 0 Å². The average Bonchev–Trinajstić information content (AvgIpc) is 3.62. The smallest absolute Gasteiger partial charge is 0.312 e. The van der Waals surface area contributed by atoms with Crippen LogP contribution in [0.15, 0.2) is 0 Å². The maximum absolute atomic E-state index is 13.3. The minimum atomic E-state index is -1.60. The van der Waals surface area contributed by atoms with Gasteiger partial charge in [-0.25, -0.2) is 0 Å². The second-order valence-electron chi connectivity index (χ2n) is 13.8. The van der Waals surface area contributed by atoms with E-state index in [2.05, 4.69) is 22.6 Å². The number of ether oxygens (including phenoxy) is 7. The first-order chi connectivity index (χ1) is 21.0. The van der Waals surface area contributed by atoms with Gasteiger partial charge < -0.3 is 33.2 Å². The predicted octanol–water partition coefficient (Wildman–Crippen LogP) is 3.44. The molecule has 5 rings (SSSR count). The van der Waals surface area contributed by atoms with Crippen molar-refractivity contribution in [3.05, 3.63) is 0 Å². The highest BCUT2D eigenvalue weighted by molar-refractivity contribution is 14.1. The molecule has 4 heterocycles. The third kappa shape index (κ3) is 5.44. The molecule has 252 valence electrons. The zero-order valence-electron chi connectivity index (χ0n) is 26.6. The van der Waals surface area contributed by atoms with Gasteiger partial charge in [0.2, 0.25) is 0 Å². The summed E-state index contributed by atoms with van der Waals surface area (Å²) in [4.78, 5) is 64.9. The van der Waals surface area contributed by atoms with E-state index >= 15 is 0 Å². The highest BCUT2D eigenvalue weighted by Gasteiger charge is 2.82. The molecule has 12 unspecified atom stereocenters. The van der Waals surface area contributed by atoms with Crippen molar-refractivity contribution in [2.75, 3.05) is 11.0 Å². The van der Waals surface area contributed by atoms with Gasteiger partial charge in [0.1, 0.15) is 35.4 Å². The zero-order valence-corrected chi connectivity index (χ0v) is 29.5. The molecule has 12 nitrogen and oxygen atoms in total. The van der Waals surface area contributed by atoms with E-state index in [1.54, 1.807) is 6.92 Å². The fraction of sp³-hybridized carbons (Fsp3) is 0.839. The maximum atomic E-state index is 13.3. The molecule has 45 heavy (non-hydrogen) atoms. The van der Waals surface area contributed by atoms with E-state index in [0.29, 0.717) is 4.43 Å². The van der Waals surface area contributed by atoms with Crippen molar-refractivity contribution >= 4 is 64.0 Å². The highest BCUT2D eigenvalue weighted by Crippen LogP contribution is 2.66. The fourth-order valence-corrected chi connectivity index (χ4v) is 10.2. The first kappa shape index (κ1) is 34.6. The second kappa shape index (κ2) is 12.1. The lowest BCUT2D eigenvalue weighted by Crippen LogP contribution is -2.71. The number of hydrogen-bond acceptors (Lipinski definition) is 12. The summed E-state index contributed by atoms with van der Waals surface area (Å²) in [5.74, 6) is -4.80. The molecular formula is C31H42ClIO12. The Labute approximate surface area is 281 Å². The summed E-state index contributed by atoms with van der Waals surface area (Å²) >= 11 is 9.34. The van der Waals surface area contributed by atoms with E-state index in [4.69, 9.17) is 44.8 Å². The Morgan fingerprint density at radius 1 is 1.00 bits per heavy atom. The zero-order chi connectivity index (χ0) is 33.3. The highest BCUT2D eigenvalue weighted by atomic mass is 127. The number of alkyl halides is 2. The molecule has 0 aromatic heterocycles. The van der Waals surface area contributed by atoms with Crippen molar-refractivity contribution in [2.45, 2.75) is 127 Å². The molecule has 5 fully saturated rings. The molecule has 1 saturated carbocycles. The Kier molecular flexibility index (Phi) is 9.29. The number of esters is 5. The standard InChI is InChI=1S/C31H42ClIO12/c1-14(2)10-22(37)43-21-11-20(41-17(5)35)28(7)19(40-16(4)34)8-9-29(12-33)24(32)26-31(45-29,15(3)27(38)44-26)25(42-18(6)36)23(28)30(21)13-39-30/h14-15,19-21,23-26H,8-13H2,1-7H3. The quantitative estimate of drug-likeness (QED) is 0.123. The van der Waals surface area contributed by atoms with E-state index in [9.17, 15) is 24.0 Å². The number of fused-ring (bicyclic) bond motifs is 3. The number of hydrogen-bond donors (Lipinski definition) is 0. The molecule has 5 aliphatic rings. The lowest BCUT2D eigenvalue weighted by Gasteiger charge is -2.57. The Bertz CT molecular complexity index is 1250. The van der Waals surface area contributed by atoms with Crippen LogP contribution < -0.4 is 0 Å². The van der Waals surface area contributed by atoms with Crippen LogP contribution in [-0.4, -0.2) is 93.6 Å². The number of epoxide rings is 1. The van der Waals surface area contributed by atoms with Crippen LogP contribution in [0.3, 0.4) is 0 Å². The van der Waals surface area contributed by atoms with E-state index in [-0.39, 0.29) is 38.2 Å². The van der Waals surface area contributed by atoms with Gasteiger partial charge in [-0.3, -0.25) is 24.0 Å². The molecule has 0 aromatic carbocycles. The molecule has 0 amide bonds. The molecular weight excluding hydrogens is 727 g/mol. The molecule has 1 aliphatic carbocycles. The van der Waals surface area contributed by atoms with Gasteiger partial charge in [-0.1, -0.05) is 43.4 Å². The van der Waals surface area contributed by atoms with Crippen LogP contribution >= 0.6 is 34.2 Å². The van der Waals surface area contributed by atoms with Crippen LogP contribution in [0.1, 0.15) is 74.1 Å². The molecule has 0 radical (unpaired) electrons. The van der Waals surface area contributed by atoms with Gasteiger partial charge in [0.25, 0.3) is 0 Å². The summed E-state index contributed by atoms with van der Waals surface area (Å²) in [6.45, 7) is 11.1. The van der Waals surface area contributed by atoms with Crippen LogP contribution in [0, 0.1) is 23.2 Å². The summed E-state index contributed by atoms with van der Waals surface area (Å²) in [6.07, 6.45) is -4.45. The molecule has 2 bridgehead atoms. The summed E-state index contributed by atoms with van der Waals surface area (Å²) < 4.78 is 44.0. The normalized spacial score (nSPS) is 44.9. The molecule has 4 aliphatic heterocycles. The number of carbonyl (C=O) groups is 5. The van der Waals surface area contributed by atoms with Gasteiger partial charge in [0.15, 0.2) is 11.7 Å². The van der Waals surface area contributed by atoms with Crippen LogP contribution in [0.2, 0.25) is 0 Å². The predicted molar refractivity (Wildman–Crippen MR) is 164 cm³/mol. The van der Waals surface area contributed by atoms with Crippen LogP contribution in [0.25, 0.3) is 0 Å². The van der Waals surface area contributed by atoms with Crippen LogP contribution in [-0.2, 0) is 57.1 Å². The monoisotopic (exact) mass is 768 g/mol. The molecule has 12 atom stereocenters. The van der Waals surface area contributed by atoms with Gasteiger partial charge in [0.05, 0.1) is 23.5 Å². The van der Waals surface area contributed by atoms with Crippen molar-refractivity contribution in [1.82, 2.24) is 0 Å². The van der Waals surface area contributed by atoms with E-state index in [0.717, 1.165) is 0 Å². The molecule has 0 aromatic rings. The van der Waals surface area contributed by atoms with Crippen molar-refractivity contribution < 1.29 is 57.1 Å². The summed E-state index contributed by atoms with van der Waals surface area (Å²) in [7, 11) is 0. The maximum Gasteiger partial charge on any atom is 0.312 e. The minimum absolute atomic E-state index is 0.00910. The lowest BCUT2D eigenvalue weighted by molar-refractivity contribution is -0.259. The largest absolute Gasteiger partial charge is 0.462 e. The molecule has 4 saturated heterocycles. The number of rotatable bonds is 7. The third-order valence-corrected chi connectivity index (χ3v) is 12.4. The Morgan fingerprint density at radius 3 is 2.13 bits per heavy atom. The topological polar surface area (TPSA) is 153 Å². The Balaban J connectivity index is 1.80. The van der Waals surface area contributed by atoms with Gasteiger partial charge in [-0.05, 0) is 25.7 Å². The van der Waals surface area contributed by atoms with Crippen molar-refractivity contribution in [1.29, 1.82) is 0 Å². The number of carbonyl (C=O) groups excluding carboxylic acids is 5. The van der Waals surface area contributed by atoms with E-state index in [1.165, 1.54) is 20.8 Å². The summed E-state index contributed by atoms with van der Waals surface area (Å²) in [5, 5.41) is -0.840. The van der Waals surface area contributed by atoms with Crippen LogP contribution in [0.4, 0.5) is 0 Å². The van der Waals surface area contributed by atoms with Crippen molar-refractivity contribution in [3.63, 3.8) is 0 Å². The molecule has 0 N–H and O–H groups in total. The first-order valence-electron chi connectivity index (χ1n) is 15.4. The summed E-state index contributed by atoms with van der Waals surface area (Å²) in [5.41, 5.74) is -5.23. The fourth-order valence-electron chi connectivity index (χ4n) is 8.44. The number of halogens is 2. The van der Waals surface area contributed by atoms with Gasteiger partial charge in [-0.15, -0.1) is 11.6 Å². The van der Waals surface area contributed by atoms with Gasteiger partial charge >= 0.3 is 29.8 Å². The minimum Gasteiger partial charge on any atom is -0.462 e. The Morgan fingerprint density at radius 2 is 1.60 bits per heavy atom. The van der Waals surface area contributed by atoms with Crippen molar-refractivity contribution in [2.24, 2.45) is 23.2 Å². The first-order valence-corrected chi connectivity index (χ1v) is 17.4. The van der Waals surface area contributed by atoms with E-state index in [1.807, 2.05) is 20.8 Å². The summed E-state index contributed by atoms with van der Waals surface area (Å²) in [6, 6.07) is 0. The lowest BCUT2D eigenvalue weighted by atomic mass is 9.52. The van der Waals surface area contributed by atoms with Gasteiger partial charge in [0, 0.05) is 44.0 Å². The van der Waals surface area contributed by atoms with Crippen LogP contribution in [0.5, 0.6) is 0 Å². The molecule has 14 heteroatoms. The SMILES string of the molecule is CC(=O)OC1CCC2(CI)OC3(C(C)C(=O)OC3C2Cl)C(OC(C)=O)C2C3(CO3)C(OC(=O)CC(C)C)CC(OC(C)=O)C12C. The second-order valence-corrected chi connectivity index (χ2v) is 15.0. The van der Waals surface area contributed by atoms with Crippen molar-refractivity contribution in [3.8, 4) is 0 Å². The van der Waals surface area contributed by atoms with E-state index < -0.39 is 99.8 Å². The third-order valence-electron chi connectivity index (χ3n) is 10.5. The molecule has 2 spiro atoms.